The predicted molar refractivity (Wildman–Crippen MR) is 274 cm³/mol. The molecule has 10 nitrogen and oxygen atoms in total. The molecule has 2 heterocycles. The van der Waals surface area contributed by atoms with E-state index in [9.17, 15) is 9.59 Å². The van der Waals surface area contributed by atoms with Gasteiger partial charge in [-0.15, -0.1) is 0 Å². The van der Waals surface area contributed by atoms with Crippen molar-refractivity contribution in [2.24, 2.45) is 47.3 Å². The second kappa shape index (κ2) is 28.6. The predicted octanol–water partition coefficient (Wildman–Crippen LogP) is 14.2. The standard InChI is InChI=1S/C60H102O10/c1-3-11-45-15-19-47(20-16-45)49-31-35-59(36-32-49,69-57(61)51-23-27-53(28-24-51)63-41-9-43-67-55-13-5-7-39-65-55)60(37-33-50(34-38-60)48-21-17-46(12-4-2)18-22-48)70-58(62)52-25-29-54(30-26-52)64-42-10-44-68-56-14-6-8-40-66-56/h45-56H,3-44H2,1-2H3. The molecule has 0 aromatic carbocycles. The second-order valence-electron chi connectivity index (χ2n) is 24.4. The van der Waals surface area contributed by atoms with Crippen LogP contribution in [0, 0.1) is 47.3 Å². The minimum absolute atomic E-state index is 0.0426. The molecule has 2 unspecified atom stereocenters. The lowest BCUT2D eigenvalue weighted by atomic mass is 9.58. The van der Waals surface area contributed by atoms with Gasteiger partial charge in [-0.3, -0.25) is 9.59 Å². The average Bonchev–Trinajstić information content (AvgIpc) is 3.40. The van der Waals surface area contributed by atoms with Crippen LogP contribution in [0.3, 0.4) is 0 Å². The van der Waals surface area contributed by atoms with E-state index in [2.05, 4.69) is 13.8 Å². The van der Waals surface area contributed by atoms with Gasteiger partial charge >= 0.3 is 11.9 Å². The molecule has 2 aliphatic heterocycles. The van der Waals surface area contributed by atoms with E-state index in [0.29, 0.717) is 38.3 Å². The highest BCUT2D eigenvalue weighted by Crippen LogP contribution is 2.56. The first-order chi connectivity index (χ1) is 34.3. The fraction of sp³-hybridized carbons (Fsp3) is 0.967. The zero-order valence-electron chi connectivity index (χ0n) is 44.7. The van der Waals surface area contributed by atoms with Gasteiger partial charge in [0, 0.05) is 26.4 Å². The maximum Gasteiger partial charge on any atom is 0.309 e. The van der Waals surface area contributed by atoms with Gasteiger partial charge in [-0.25, -0.2) is 0 Å². The molecule has 10 heteroatoms. The number of rotatable bonds is 23. The summed E-state index contributed by atoms with van der Waals surface area (Å²) in [5.74, 6) is 4.26. The van der Waals surface area contributed by atoms with Gasteiger partial charge in [-0.05, 0) is 215 Å². The fourth-order valence-corrected chi connectivity index (χ4v) is 15.4. The van der Waals surface area contributed by atoms with E-state index >= 15 is 0 Å². The summed E-state index contributed by atoms with van der Waals surface area (Å²) in [6.07, 6.45) is 38.9. The summed E-state index contributed by atoms with van der Waals surface area (Å²) in [6.45, 7) is 8.93. The van der Waals surface area contributed by atoms with Gasteiger partial charge in [-0.1, -0.05) is 65.2 Å². The molecule has 2 saturated heterocycles. The molecule has 0 amide bonds. The quantitative estimate of drug-likeness (QED) is 0.0725. The summed E-state index contributed by atoms with van der Waals surface area (Å²) < 4.78 is 50.6. The number of hydrogen-bond acceptors (Lipinski definition) is 10. The van der Waals surface area contributed by atoms with Crippen LogP contribution in [-0.2, 0) is 47.5 Å². The molecular weight excluding hydrogens is 881 g/mol. The van der Waals surface area contributed by atoms with Crippen LogP contribution < -0.4 is 0 Å². The first-order valence-electron chi connectivity index (χ1n) is 30.5. The van der Waals surface area contributed by atoms with Crippen LogP contribution in [0.15, 0.2) is 0 Å². The van der Waals surface area contributed by atoms with Gasteiger partial charge in [-0.2, -0.15) is 0 Å². The Bertz CT molecular complexity index is 1350. The van der Waals surface area contributed by atoms with E-state index in [0.717, 1.165) is 178 Å². The summed E-state index contributed by atoms with van der Waals surface area (Å²) in [5, 5.41) is 0. The van der Waals surface area contributed by atoms with Crippen LogP contribution in [0.2, 0.25) is 0 Å². The Kier molecular flexibility index (Phi) is 22.4. The Morgan fingerprint density at radius 3 is 1.11 bits per heavy atom. The van der Waals surface area contributed by atoms with Gasteiger partial charge < -0.3 is 37.9 Å². The first-order valence-corrected chi connectivity index (χ1v) is 30.5. The number of esters is 2. The van der Waals surface area contributed by atoms with E-state index < -0.39 is 11.2 Å². The summed E-state index contributed by atoms with van der Waals surface area (Å²) in [5.41, 5.74) is -1.56. The van der Waals surface area contributed by atoms with Crippen LogP contribution in [0.5, 0.6) is 0 Å². The number of carbonyl (C=O) groups is 2. The van der Waals surface area contributed by atoms with Crippen molar-refractivity contribution in [3.63, 3.8) is 0 Å². The van der Waals surface area contributed by atoms with E-state index in [1.807, 2.05) is 0 Å². The number of carbonyl (C=O) groups excluding carboxylic acids is 2. The SMILES string of the molecule is CCCC1CCC(C2CCC(OC(=O)C3CCC(OCCCOC4CCCCO4)CC3)(C3(OC(=O)C4CCC(OCCCOC5CCCCO5)CC4)CCC(C4CCC(CCC)CC4)CC3)CC2)CC1. The van der Waals surface area contributed by atoms with Crippen LogP contribution in [0.25, 0.3) is 0 Å². The molecule has 0 aromatic rings. The summed E-state index contributed by atoms with van der Waals surface area (Å²) in [4.78, 5) is 29.7. The Balaban J connectivity index is 0.912. The van der Waals surface area contributed by atoms with E-state index in [4.69, 9.17) is 37.9 Å². The highest BCUT2D eigenvalue weighted by molar-refractivity contribution is 5.75. The number of ether oxygens (including phenoxy) is 8. The average molecular weight is 983 g/mol. The maximum atomic E-state index is 14.9. The third-order valence-electron chi connectivity index (χ3n) is 19.8. The van der Waals surface area contributed by atoms with E-state index in [1.165, 1.54) is 89.9 Å². The van der Waals surface area contributed by atoms with Gasteiger partial charge in [0.1, 0.15) is 0 Å². The van der Waals surface area contributed by atoms with Crippen molar-refractivity contribution < 1.29 is 47.5 Å². The number of hydrogen-bond donors (Lipinski definition) is 0. The molecule has 0 N–H and O–H groups in total. The van der Waals surface area contributed by atoms with Crippen molar-refractivity contribution in [3.05, 3.63) is 0 Å². The smallest absolute Gasteiger partial charge is 0.309 e. The Labute approximate surface area is 425 Å². The van der Waals surface area contributed by atoms with Crippen molar-refractivity contribution >= 4 is 11.9 Å². The largest absolute Gasteiger partial charge is 0.455 e. The van der Waals surface area contributed by atoms with Crippen LogP contribution >= 0.6 is 0 Å². The van der Waals surface area contributed by atoms with Gasteiger partial charge in [0.25, 0.3) is 0 Å². The Morgan fingerprint density at radius 1 is 0.414 bits per heavy atom. The minimum atomic E-state index is -0.778. The van der Waals surface area contributed by atoms with Crippen molar-refractivity contribution in [1.82, 2.24) is 0 Å². The van der Waals surface area contributed by atoms with Gasteiger partial charge in [0.05, 0.1) is 37.3 Å². The zero-order chi connectivity index (χ0) is 48.4. The van der Waals surface area contributed by atoms with Crippen LogP contribution in [0.1, 0.15) is 245 Å². The lowest BCUT2D eigenvalue weighted by molar-refractivity contribution is -0.241. The topological polar surface area (TPSA) is 108 Å². The maximum absolute atomic E-state index is 14.9. The molecule has 8 fully saturated rings. The molecular formula is C60H102O10. The van der Waals surface area contributed by atoms with Gasteiger partial charge in [0.15, 0.2) is 23.8 Å². The van der Waals surface area contributed by atoms with Crippen molar-refractivity contribution in [1.29, 1.82) is 0 Å². The Morgan fingerprint density at radius 2 is 0.771 bits per heavy atom. The Hall–Kier alpha value is -1.30. The molecule has 0 aromatic heterocycles. The van der Waals surface area contributed by atoms with Crippen molar-refractivity contribution in [3.8, 4) is 0 Å². The van der Waals surface area contributed by atoms with Crippen LogP contribution in [-0.4, -0.2) is 87.6 Å². The molecule has 0 spiro atoms. The summed E-state index contributed by atoms with van der Waals surface area (Å²) in [7, 11) is 0. The van der Waals surface area contributed by atoms with E-state index in [1.54, 1.807) is 0 Å². The zero-order valence-corrected chi connectivity index (χ0v) is 44.7. The van der Waals surface area contributed by atoms with Crippen LogP contribution in [0.4, 0.5) is 0 Å². The highest BCUT2D eigenvalue weighted by Gasteiger charge is 2.61. The molecule has 8 aliphatic rings. The monoisotopic (exact) mass is 983 g/mol. The lowest BCUT2D eigenvalue weighted by Crippen LogP contribution is -2.63. The molecule has 6 saturated carbocycles. The molecule has 2 atom stereocenters. The van der Waals surface area contributed by atoms with Crippen molar-refractivity contribution in [2.75, 3.05) is 39.6 Å². The second-order valence-corrected chi connectivity index (χ2v) is 24.4. The molecule has 6 aliphatic carbocycles. The van der Waals surface area contributed by atoms with Crippen molar-refractivity contribution in [2.45, 2.75) is 281 Å². The normalized spacial score (nSPS) is 38.9. The van der Waals surface area contributed by atoms with Gasteiger partial charge in [0.2, 0.25) is 0 Å². The molecule has 70 heavy (non-hydrogen) atoms. The highest BCUT2D eigenvalue weighted by atomic mass is 16.7. The van der Waals surface area contributed by atoms with E-state index in [-0.39, 0.29) is 48.6 Å². The molecule has 8 rings (SSSR count). The lowest BCUT2D eigenvalue weighted by Gasteiger charge is -2.56. The minimum Gasteiger partial charge on any atom is -0.455 e. The third-order valence-corrected chi connectivity index (χ3v) is 19.8. The summed E-state index contributed by atoms with van der Waals surface area (Å²) >= 11 is 0. The first kappa shape index (κ1) is 54.9. The fourth-order valence-electron chi connectivity index (χ4n) is 15.4. The molecule has 402 valence electrons. The summed E-state index contributed by atoms with van der Waals surface area (Å²) in [6, 6.07) is 0. The third kappa shape index (κ3) is 15.6. The molecule has 0 radical (unpaired) electrons. The molecule has 0 bridgehead atoms.